The first kappa shape index (κ1) is 14.3. The molecule has 2 rings (SSSR count). The fraction of sp³-hybridized carbons (Fsp3) is 0.786. The summed E-state index contributed by atoms with van der Waals surface area (Å²) in [6, 6.07) is 0.326. The number of piperidine rings is 1. The van der Waals surface area contributed by atoms with Gasteiger partial charge >= 0.3 is 0 Å². The third kappa shape index (κ3) is 3.48. The Morgan fingerprint density at radius 2 is 2.42 bits per heavy atom. The maximum atomic E-state index is 5.25. The van der Waals surface area contributed by atoms with E-state index in [9.17, 15) is 0 Å². The van der Waals surface area contributed by atoms with Crippen molar-refractivity contribution in [1.29, 1.82) is 0 Å². The van der Waals surface area contributed by atoms with Crippen LogP contribution in [-0.2, 0) is 4.74 Å². The van der Waals surface area contributed by atoms with Crippen LogP contribution in [0.2, 0.25) is 0 Å². The van der Waals surface area contributed by atoms with E-state index in [1.54, 1.807) is 7.11 Å². The summed E-state index contributed by atoms with van der Waals surface area (Å²) >= 11 is 0. The molecule has 0 bridgehead atoms. The van der Waals surface area contributed by atoms with Crippen LogP contribution >= 0.6 is 0 Å². The van der Waals surface area contributed by atoms with Gasteiger partial charge < -0.3 is 19.5 Å². The van der Waals surface area contributed by atoms with Gasteiger partial charge in [-0.1, -0.05) is 0 Å². The molecular formula is C14H26N4O. The average Bonchev–Trinajstić information content (AvgIpc) is 2.89. The van der Waals surface area contributed by atoms with Crippen LogP contribution in [0, 0.1) is 5.92 Å². The predicted octanol–water partition coefficient (Wildman–Crippen LogP) is 1.53. The van der Waals surface area contributed by atoms with E-state index in [4.69, 9.17) is 4.74 Å². The van der Waals surface area contributed by atoms with Crippen molar-refractivity contribution in [2.45, 2.75) is 25.8 Å². The van der Waals surface area contributed by atoms with E-state index in [1.807, 2.05) is 13.2 Å². The fourth-order valence-corrected chi connectivity index (χ4v) is 2.92. The van der Waals surface area contributed by atoms with Gasteiger partial charge in [0.2, 0.25) is 5.95 Å². The van der Waals surface area contributed by atoms with Gasteiger partial charge in [-0.25, -0.2) is 4.98 Å². The number of ether oxygens (including phenoxy) is 1. The first-order chi connectivity index (χ1) is 9.26. The Bertz CT molecular complexity index is 377. The SMILES string of the molecule is CNCC1CCCN(c2nccn2C(C)COC)C1. The minimum absolute atomic E-state index is 0.326. The van der Waals surface area contributed by atoms with Gasteiger partial charge in [-0.05, 0) is 39.3 Å². The molecule has 0 aliphatic carbocycles. The summed E-state index contributed by atoms with van der Waals surface area (Å²) in [5.41, 5.74) is 0. The van der Waals surface area contributed by atoms with Crippen LogP contribution in [0.3, 0.4) is 0 Å². The van der Waals surface area contributed by atoms with Crippen LogP contribution in [-0.4, -0.2) is 49.9 Å². The average molecular weight is 266 g/mol. The third-order valence-electron chi connectivity index (χ3n) is 3.83. The summed E-state index contributed by atoms with van der Waals surface area (Å²) < 4.78 is 7.48. The second-order valence-electron chi connectivity index (χ2n) is 5.45. The molecule has 2 heterocycles. The lowest BCUT2D eigenvalue weighted by Crippen LogP contribution is -2.40. The van der Waals surface area contributed by atoms with E-state index in [0.29, 0.717) is 6.04 Å². The normalized spacial score (nSPS) is 21.6. The van der Waals surface area contributed by atoms with Gasteiger partial charge in [-0.3, -0.25) is 0 Å². The molecule has 0 saturated carbocycles. The van der Waals surface area contributed by atoms with Crippen molar-refractivity contribution < 1.29 is 4.74 Å². The Labute approximate surface area is 116 Å². The van der Waals surface area contributed by atoms with E-state index in [-0.39, 0.29) is 0 Å². The van der Waals surface area contributed by atoms with Crippen molar-refractivity contribution >= 4 is 5.95 Å². The zero-order chi connectivity index (χ0) is 13.7. The van der Waals surface area contributed by atoms with Crippen LogP contribution in [0.1, 0.15) is 25.8 Å². The molecule has 0 amide bonds. The lowest BCUT2D eigenvalue weighted by Gasteiger charge is -2.34. The first-order valence-electron chi connectivity index (χ1n) is 7.17. The molecule has 0 spiro atoms. The van der Waals surface area contributed by atoms with Crippen molar-refractivity contribution in [2.75, 3.05) is 45.3 Å². The van der Waals surface area contributed by atoms with Gasteiger partial charge in [0.15, 0.2) is 0 Å². The quantitative estimate of drug-likeness (QED) is 0.848. The Morgan fingerprint density at radius 1 is 1.58 bits per heavy atom. The molecule has 2 unspecified atom stereocenters. The molecule has 0 radical (unpaired) electrons. The Balaban J connectivity index is 2.06. The van der Waals surface area contributed by atoms with Gasteiger partial charge in [-0.2, -0.15) is 0 Å². The van der Waals surface area contributed by atoms with E-state index < -0.39 is 0 Å². The molecule has 5 heteroatoms. The molecule has 5 nitrogen and oxygen atoms in total. The molecule has 1 aliphatic heterocycles. The second-order valence-corrected chi connectivity index (χ2v) is 5.45. The van der Waals surface area contributed by atoms with Gasteiger partial charge in [0.05, 0.1) is 12.6 Å². The predicted molar refractivity (Wildman–Crippen MR) is 77.7 cm³/mol. The van der Waals surface area contributed by atoms with Gasteiger partial charge in [0.1, 0.15) is 0 Å². The van der Waals surface area contributed by atoms with Crippen LogP contribution in [0.5, 0.6) is 0 Å². The standard InChI is InChI=1S/C14H26N4O/c1-12(11-19-3)18-8-6-16-14(18)17-7-4-5-13(10-17)9-15-2/h6,8,12-13,15H,4-5,7,9-11H2,1-3H3. The molecule has 1 fully saturated rings. The molecule has 1 N–H and O–H groups in total. The van der Waals surface area contributed by atoms with Crippen molar-refractivity contribution in [2.24, 2.45) is 5.92 Å². The number of aromatic nitrogens is 2. The fourth-order valence-electron chi connectivity index (χ4n) is 2.92. The Kier molecular flexibility index (Phi) is 5.22. The molecule has 19 heavy (non-hydrogen) atoms. The molecule has 0 aromatic carbocycles. The molecule has 1 saturated heterocycles. The molecule has 1 aliphatic rings. The number of hydrogen-bond donors (Lipinski definition) is 1. The molecule has 1 aromatic rings. The van der Waals surface area contributed by atoms with Crippen LogP contribution in [0.15, 0.2) is 12.4 Å². The van der Waals surface area contributed by atoms with Crippen molar-refractivity contribution in [1.82, 2.24) is 14.9 Å². The van der Waals surface area contributed by atoms with Gasteiger partial charge in [-0.15, -0.1) is 0 Å². The van der Waals surface area contributed by atoms with Crippen molar-refractivity contribution in [3.63, 3.8) is 0 Å². The van der Waals surface area contributed by atoms with Crippen LogP contribution < -0.4 is 10.2 Å². The summed E-state index contributed by atoms with van der Waals surface area (Å²) in [4.78, 5) is 6.97. The van der Waals surface area contributed by atoms with Crippen LogP contribution in [0.4, 0.5) is 5.95 Å². The summed E-state index contributed by atoms with van der Waals surface area (Å²) in [5.74, 6) is 1.81. The minimum atomic E-state index is 0.326. The van der Waals surface area contributed by atoms with E-state index in [1.165, 1.54) is 12.8 Å². The number of hydrogen-bond acceptors (Lipinski definition) is 4. The summed E-state index contributed by atoms with van der Waals surface area (Å²) in [7, 11) is 3.78. The summed E-state index contributed by atoms with van der Waals surface area (Å²) in [6.07, 6.45) is 6.51. The monoisotopic (exact) mass is 266 g/mol. The molecule has 108 valence electrons. The van der Waals surface area contributed by atoms with Crippen LogP contribution in [0.25, 0.3) is 0 Å². The highest BCUT2D eigenvalue weighted by molar-refractivity contribution is 5.32. The lowest BCUT2D eigenvalue weighted by molar-refractivity contribution is 0.162. The number of imidazole rings is 1. The second kappa shape index (κ2) is 6.91. The highest BCUT2D eigenvalue weighted by Gasteiger charge is 2.23. The molecule has 2 atom stereocenters. The number of anilines is 1. The summed E-state index contributed by atoms with van der Waals surface area (Å²) in [6.45, 7) is 6.18. The smallest absolute Gasteiger partial charge is 0.205 e. The largest absolute Gasteiger partial charge is 0.383 e. The van der Waals surface area contributed by atoms with Gasteiger partial charge in [0, 0.05) is 32.6 Å². The molecular weight excluding hydrogens is 240 g/mol. The van der Waals surface area contributed by atoms with Crippen molar-refractivity contribution in [3.8, 4) is 0 Å². The number of nitrogens with one attached hydrogen (secondary N) is 1. The first-order valence-corrected chi connectivity index (χ1v) is 7.17. The number of methoxy groups -OCH3 is 1. The zero-order valence-electron chi connectivity index (χ0n) is 12.3. The number of rotatable bonds is 6. The lowest BCUT2D eigenvalue weighted by atomic mass is 9.98. The minimum Gasteiger partial charge on any atom is -0.383 e. The summed E-state index contributed by atoms with van der Waals surface area (Å²) in [5, 5.41) is 3.29. The topological polar surface area (TPSA) is 42.3 Å². The van der Waals surface area contributed by atoms with E-state index >= 15 is 0 Å². The van der Waals surface area contributed by atoms with Gasteiger partial charge in [0.25, 0.3) is 0 Å². The maximum absolute atomic E-state index is 5.25. The Hall–Kier alpha value is -1.07. The highest BCUT2D eigenvalue weighted by atomic mass is 16.5. The zero-order valence-corrected chi connectivity index (χ0v) is 12.3. The molecule has 1 aromatic heterocycles. The van der Waals surface area contributed by atoms with E-state index in [2.05, 4.69) is 32.9 Å². The van der Waals surface area contributed by atoms with Crippen molar-refractivity contribution in [3.05, 3.63) is 12.4 Å². The van der Waals surface area contributed by atoms with E-state index in [0.717, 1.165) is 38.1 Å². The number of nitrogens with zero attached hydrogens (tertiary/aromatic N) is 3. The Morgan fingerprint density at radius 3 is 3.16 bits per heavy atom. The third-order valence-corrected chi connectivity index (χ3v) is 3.83. The maximum Gasteiger partial charge on any atom is 0.205 e. The highest BCUT2D eigenvalue weighted by Crippen LogP contribution is 2.24.